The van der Waals surface area contributed by atoms with Gasteiger partial charge in [-0.1, -0.05) is 25.0 Å². The van der Waals surface area contributed by atoms with Crippen LogP contribution >= 0.6 is 11.8 Å². The largest absolute Gasteiger partial charge is 0.341 e. The molecule has 2 aromatic carbocycles. The molecule has 4 rings (SSSR count). The average Bonchev–Trinajstić information content (AvgIpc) is 3.07. The van der Waals surface area contributed by atoms with Crippen LogP contribution in [-0.2, 0) is 26.2 Å². The van der Waals surface area contributed by atoms with E-state index < -0.39 is 27.0 Å². The van der Waals surface area contributed by atoms with Crippen LogP contribution in [0.2, 0.25) is 0 Å². The minimum Gasteiger partial charge on any atom is -0.341 e. The summed E-state index contributed by atoms with van der Waals surface area (Å²) in [5, 5.41) is 1.82. The molecule has 2 aliphatic rings. The number of carbonyl (C=O) groups excluding carboxylic acids is 2. The molecule has 2 N–H and O–H groups in total. The second kappa shape index (κ2) is 9.60. The zero-order valence-corrected chi connectivity index (χ0v) is 19.0. The molecule has 7 nitrogen and oxygen atoms in total. The number of fused-ring (bicyclic) bond motifs is 1. The van der Waals surface area contributed by atoms with Crippen molar-refractivity contribution in [2.75, 3.05) is 18.4 Å². The van der Waals surface area contributed by atoms with Crippen molar-refractivity contribution < 1.29 is 22.4 Å². The lowest BCUT2D eigenvalue weighted by atomic mass is 10.2. The molecule has 170 valence electrons. The summed E-state index contributed by atoms with van der Waals surface area (Å²) >= 11 is 1.15. The van der Waals surface area contributed by atoms with Gasteiger partial charge in [-0.2, -0.15) is 0 Å². The van der Waals surface area contributed by atoms with E-state index in [1.54, 1.807) is 11.0 Å². The summed E-state index contributed by atoms with van der Waals surface area (Å²) in [5.41, 5.74) is 0.983. The van der Waals surface area contributed by atoms with Crippen molar-refractivity contribution in [3.63, 3.8) is 0 Å². The van der Waals surface area contributed by atoms with Crippen LogP contribution in [0.1, 0.15) is 31.2 Å². The fourth-order valence-corrected chi connectivity index (χ4v) is 5.84. The SMILES string of the molecule is O=C1Nc2cc(S(=O)(=O)NCc3ccc(F)cc3)ccc2S[C@H]1C(=O)N1CCCCCC1. The van der Waals surface area contributed by atoms with E-state index in [-0.39, 0.29) is 17.3 Å². The van der Waals surface area contributed by atoms with E-state index in [0.717, 1.165) is 37.4 Å². The molecule has 2 aromatic rings. The smallest absolute Gasteiger partial charge is 0.247 e. The molecule has 10 heteroatoms. The van der Waals surface area contributed by atoms with Crippen LogP contribution in [-0.4, -0.2) is 43.5 Å². The van der Waals surface area contributed by atoms with Crippen LogP contribution in [0.3, 0.4) is 0 Å². The van der Waals surface area contributed by atoms with Crippen LogP contribution in [0, 0.1) is 5.82 Å². The third-order valence-electron chi connectivity index (χ3n) is 5.52. The Hall–Kier alpha value is -2.43. The van der Waals surface area contributed by atoms with E-state index in [1.807, 2.05) is 0 Å². The predicted molar refractivity (Wildman–Crippen MR) is 120 cm³/mol. The summed E-state index contributed by atoms with van der Waals surface area (Å²) in [6.07, 6.45) is 4.05. The molecule has 0 aromatic heterocycles. The number of sulfonamides is 1. The van der Waals surface area contributed by atoms with Gasteiger partial charge in [0.15, 0.2) is 5.25 Å². The van der Waals surface area contributed by atoms with E-state index >= 15 is 0 Å². The van der Waals surface area contributed by atoms with E-state index in [2.05, 4.69) is 10.0 Å². The van der Waals surface area contributed by atoms with Crippen molar-refractivity contribution >= 4 is 39.3 Å². The molecule has 0 unspecified atom stereocenters. The number of thioether (sulfide) groups is 1. The zero-order chi connectivity index (χ0) is 22.7. The highest BCUT2D eigenvalue weighted by atomic mass is 32.2. The van der Waals surface area contributed by atoms with Gasteiger partial charge in [-0.15, -0.1) is 11.8 Å². The number of anilines is 1. The minimum atomic E-state index is -3.85. The van der Waals surface area contributed by atoms with Crippen LogP contribution in [0.4, 0.5) is 10.1 Å². The second-order valence-corrected chi connectivity index (χ2v) is 10.7. The van der Waals surface area contributed by atoms with Gasteiger partial charge < -0.3 is 10.2 Å². The number of rotatable bonds is 5. The maximum absolute atomic E-state index is 13.0. The normalized spacial score (nSPS) is 19.1. The molecule has 0 saturated carbocycles. The van der Waals surface area contributed by atoms with E-state index in [4.69, 9.17) is 0 Å². The Morgan fingerprint density at radius 1 is 1.09 bits per heavy atom. The average molecular weight is 478 g/mol. The summed E-state index contributed by atoms with van der Waals surface area (Å²) in [5.74, 6) is -1.03. The Balaban J connectivity index is 1.47. The molecule has 32 heavy (non-hydrogen) atoms. The number of carbonyl (C=O) groups is 2. The third kappa shape index (κ3) is 5.13. The Kier molecular flexibility index (Phi) is 6.82. The van der Waals surface area contributed by atoms with Crippen molar-refractivity contribution in [1.82, 2.24) is 9.62 Å². The molecule has 0 spiro atoms. The molecule has 2 aliphatic heterocycles. The molecule has 1 saturated heterocycles. The number of halogens is 1. The Labute approximate surface area is 190 Å². The summed E-state index contributed by atoms with van der Waals surface area (Å²) in [6.45, 7) is 1.33. The Morgan fingerprint density at radius 2 is 1.78 bits per heavy atom. The summed E-state index contributed by atoms with van der Waals surface area (Å²) in [6, 6.07) is 9.97. The van der Waals surface area contributed by atoms with Crippen molar-refractivity contribution in [1.29, 1.82) is 0 Å². The maximum atomic E-state index is 13.0. The molecule has 2 heterocycles. The van der Waals surface area contributed by atoms with Crippen LogP contribution in [0.25, 0.3) is 0 Å². The summed E-state index contributed by atoms with van der Waals surface area (Å²) < 4.78 is 40.9. The first-order valence-electron chi connectivity index (χ1n) is 10.5. The lowest BCUT2D eigenvalue weighted by Crippen LogP contribution is -2.45. The molecule has 0 bridgehead atoms. The monoisotopic (exact) mass is 477 g/mol. The number of likely N-dealkylation sites (tertiary alicyclic amines) is 1. The van der Waals surface area contributed by atoms with Gasteiger partial charge in [0.25, 0.3) is 0 Å². The topological polar surface area (TPSA) is 95.6 Å². The van der Waals surface area contributed by atoms with Gasteiger partial charge in [0.2, 0.25) is 21.8 Å². The quantitative estimate of drug-likeness (QED) is 0.645. The van der Waals surface area contributed by atoms with Gasteiger partial charge >= 0.3 is 0 Å². The summed E-state index contributed by atoms with van der Waals surface area (Å²) in [4.78, 5) is 28.0. The standard InChI is InChI=1S/C22H24FN3O4S2/c23-16-7-5-15(6-8-16)14-24-32(29,30)17-9-10-19-18(13-17)25-21(27)20(31-19)22(28)26-11-3-1-2-4-12-26/h5-10,13,20,24H,1-4,11-12,14H2,(H,25,27)/t20-/m1/s1. The second-order valence-electron chi connectivity index (χ2n) is 7.84. The molecule has 1 fully saturated rings. The summed E-state index contributed by atoms with van der Waals surface area (Å²) in [7, 11) is -3.85. The molecule has 2 amide bonds. The lowest BCUT2D eigenvalue weighted by molar-refractivity contribution is -0.133. The van der Waals surface area contributed by atoms with Gasteiger partial charge in [0.05, 0.1) is 10.6 Å². The number of hydrogen-bond donors (Lipinski definition) is 2. The van der Waals surface area contributed by atoms with Crippen LogP contribution < -0.4 is 10.0 Å². The number of hydrogen-bond acceptors (Lipinski definition) is 5. The molecule has 0 radical (unpaired) electrons. The lowest BCUT2D eigenvalue weighted by Gasteiger charge is -2.28. The predicted octanol–water partition coefficient (Wildman–Crippen LogP) is 3.12. The number of benzene rings is 2. The van der Waals surface area contributed by atoms with Crippen molar-refractivity contribution in [3.8, 4) is 0 Å². The highest BCUT2D eigenvalue weighted by Gasteiger charge is 2.36. The van der Waals surface area contributed by atoms with Crippen LogP contribution in [0.5, 0.6) is 0 Å². The van der Waals surface area contributed by atoms with E-state index in [0.29, 0.717) is 29.2 Å². The van der Waals surface area contributed by atoms with Gasteiger partial charge in [-0.3, -0.25) is 9.59 Å². The van der Waals surface area contributed by atoms with E-state index in [1.165, 1.54) is 36.4 Å². The first-order valence-corrected chi connectivity index (χ1v) is 12.8. The number of amides is 2. The maximum Gasteiger partial charge on any atom is 0.247 e. The number of nitrogens with one attached hydrogen (secondary N) is 2. The Bertz CT molecular complexity index is 1110. The first kappa shape index (κ1) is 22.8. The van der Waals surface area contributed by atoms with Gasteiger partial charge in [-0.05, 0) is 48.7 Å². The van der Waals surface area contributed by atoms with Crippen molar-refractivity contribution in [3.05, 3.63) is 53.8 Å². The van der Waals surface area contributed by atoms with Crippen LogP contribution in [0.15, 0.2) is 52.3 Å². The molecular weight excluding hydrogens is 453 g/mol. The third-order valence-corrected chi connectivity index (χ3v) is 8.18. The molecule has 0 aliphatic carbocycles. The first-order chi connectivity index (χ1) is 15.3. The fraction of sp³-hybridized carbons (Fsp3) is 0.364. The van der Waals surface area contributed by atoms with Crippen molar-refractivity contribution in [2.45, 2.75) is 47.3 Å². The van der Waals surface area contributed by atoms with Crippen molar-refractivity contribution in [2.24, 2.45) is 0 Å². The Morgan fingerprint density at radius 3 is 2.47 bits per heavy atom. The van der Waals surface area contributed by atoms with Gasteiger partial charge in [0, 0.05) is 24.5 Å². The fourth-order valence-electron chi connectivity index (χ4n) is 3.74. The zero-order valence-electron chi connectivity index (χ0n) is 17.3. The highest BCUT2D eigenvalue weighted by Crippen LogP contribution is 2.38. The molecular formula is C22H24FN3O4S2. The minimum absolute atomic E-state index is 0.00319. The number of nitrogens with zero attached hydrogens (tertiary/aromatic N) is 1. The highest BCUT2D eigenvalue weighted by molar-refractivity contribution is 8.01. The van der Waals surface area contributed by atoms with E-state index in [9.17, 15) is 22.4 Å². The molecule has 1 atom stereocenters. The van der Waals surface area contributed by atoms with Gasteiger partial charge in [0.1, 0.15) is 5.82 Å². The van der Waals surface area contributed by atoms with Gasteiger partial charge in [-0.25, -0.2) is 17.5 Å².